The van der Waals surface area contributed by atoms with Gasteiger partial charge in [0.1, 0.15) is 24.1 Å². The van der Waals surface area contributed by atoms with Crippen LogP contribution in [-0.2, 0) is 26.2 Å². The van der Waals surface area contributed by atoms with E-state index in [1.165, 1.54) is 4.90 Å². The SMILES string of the molecule is CC[C@@H](C(=O)NC1CCCC1)N(Cc1cccc(C)c1)C(=O)CN(c1ccc(Oc2ccccc2)cc1)S(C)(=O)=O. The Morgan fingerprint density at radius 1 is 0.951 bits per heavy atom. The van der Waals surface area contributed by atoms with Crippen molar-refractivity contribution in [2.24, 2.45) is 0 Å². The van der Waals surface area contributed by atoms with E-state index in [4.69, 9.17) is 4.74 Å². The lowest BCUT2D eigenvalue weighted by Crippen LogP contribution is -2.53. The van der Waals surface area contributed by atoms with Crippen LogP contribution in [0.3, 0.4) is 0 Å². The maximum atomic E-state index is 13.9. The first-order chi connectivity index (χ1) is 19.6. The molecule has 0 aromatic heterocycles. The van der Waals surface area contributed by atoms with Crippen molar-refractivity contribution >= 4 is 27.5 Å². The van der Waals surface area contributed by atoms with Crippen LogP contribution in [0.2, 0.25) is 0 Å². The Morgan fingerprint density at radius 2 is 1.61 bits per heavy atom. The minimum atomic E-state index is -3.82. The van der Waals surface area contributed by atoms with Crippen LogP contribution in [0.25, 0.3) is 0 Å². The van der Waals surface area contributed by atoms with Crippen molar-refractivity contribution in [3.63, 3.8) is 0 Å². The van der Waals surface area contributed by atoms with Crippen molar-refractivity contribution in [1.82, 2.24) is 10.2 Å². The third-order valence-corrected chi connectivity index (χ3v) is 8.45. The standard InChI is InChI=1S/C32H39N3O5S/c1-4-30(32(37)33-26-13-8-9-14-26)34(22-25-12-10-11-24(2)21-25)31(36)23-35(41(3,38)39)27-17-19-29(20-18-27)40-28-15-6-5-7-16-28/h5-7,10-12,15-21,26,30H,4,8-9,13-14,22-23H2,1-3H3,(H,33,37)/t30-/m0/s1. The van der Waals surface area contributed by atoms with Gasteiger partial charge in [0.2, 0.25) is 21.8 Å². The fraction of sp³-hybridized carbons (Fsp3) is 0.375. The number of para-hydroxylation sites is 1. The van der Waals surface area contributed by atoms with Gasteiger partial charge in [-0.2, -0.15) is 0 Å². The van der Waals surface area contributed by atoms with Crippen LogP contribution in [0.4, 0.5) is 5.69 Å². The van der Waals surface area contributed by atoms with Crippen molar-refractivity contribution in [2.45, 2.75) is 64.6 Å². The lowest BCUT2D eigenvalue weighted by molar-refractivity contribution is -0.140. The first-order valence-electron chi connectivity index (χ1n) is 14.1. The van der Waals surface area contributed by atoms with Crippen molar-refractivity contribution in [3.05, 3.63) is 90.0 Å². The minimum Gasteiger partial charge on any atom is -0.457 e. The molecule has 3 aromatic rings. The summed E-state index contributed by atoms with van der Waals surface area (Å²) in [5, 5.41) is 3.13. The summed E-state index contributed by atoms with van der Waals surface area (Å²) in [4.78, 5) is 28.9. The Morgan fingerprint density at radius 3 is 2.22 bits per heavy atom. The van der Waals surface area contributed by atoms with Crippen molar-refractivity contribution in [3.8, 4) is 11.5 Å². The molecule has 0 aliphatic heterocycles. The molecule has 0 bridgehead atoms. The number of hydrogen-bond donors (Lipinski definition) is 1. The first-order valence-corrected chi connectivity index (χ1v) is 15.9. The number of rotatable bonds is 12. The van der Waals surface area contributed by atoms with Gasteiger partial charge < -0.3 is 15.0 Å². The van der Waals surface area contributed by atoms with Gasteiger partial charge in [-0.15, -0.1) is 0 Å². The smallest absolute Gasteiger partial charge is 0.244 e. The second kappa shape index (κ2) is 13.7. The molecule has 1 aliphatic rings. The molecule has 41 heavy (non-hydrogen) atoms. The zero-order valence-corrected chi connectivity index (χ0v) is 24.8. The maximum absolute atomic E-state index is 13.9. The molecule has 1 atom stereocenters. The average Bonchev–Trinajstić information content (AvgIpc) is 3.45. The highest BCUT2D eigenvalue weighted by Gasteiger charge is 2.33. The van der Waals surface area contributed by atoms with Gasteiger partial charge in [0, 0.05) is 12.6 Å². The van der Waals surface area contributed by atoms with Crippen LogP contribution < -0.4 is 14.4 Å². The number of hydrogen-bond acceptors (Lipinski definition) is 5. The Bertz CT molecular complexity index is 1420. The number of nitrogens with one attached hydrogen (secondary N) is 1. The molecule has 1 fully saturated rings. The molecular formula is C32H39N3O5S. The van der Waals surface area contributed by atoms with E-state index in [-0.39, 0.29) is 18.5 Å². The van der Waals surface area contributed by atoms with Gasteiger partial charge in [0.05, 0.1) is 11.9 Å². The van der Waals surface area contributed by atoms with Gasteiger partial charge >= 0.3 is 0 Å². The molecule has 0 spiro atoms. The molecule has 0 heterocycles. The normalized spacial score (nSPS) is 14.3. The fourth-order valence-corrected chi connectivity index (χ4v) is 6.06. The van der Waals surface area contributed by atoms with E-state index < -0.39 is 28.5 Å². The molecular weight excluding hydrogens is 538 g/mol. The zero-order valence-electron chi connectivity index (χ0n) is 24.0. The summed E-state index contributed by atoms with van der Waals surface area (Å²) in [6.07, 6.45) is 5.49. The highest BCUT2D eigenvalue weighted by molar-refractivity contribution is 7.92. The van der Waals surface area contributed by atoms with Gasteiger partial charge in [-0.05, 0) is 68.1 Å². The lowest BCUT2D eigenvalue weighted by atomic mass is 10.1. The number of sulfonamides is 1. The summed E-state index contributed by atoms with van der Waals surface area (Å²) < 4.78 is 32.7. The summed E-state index contributed by atoms with van der Waals surface area (Å²) in [5.74, 6) is 0.544. The second-order valence-corrected chi connectivity index (χ2v) is 12.5. The second-order valence-electron chi connectivity index (χ2n) is 10.6. The Balaban J connectivity index is 1.58. The van der Waals surface area contributed by atoms with Crippen LogP contribution in [0.1, 0.15) is 50.2 Å². The molecule has 2 amide bonds. The molecule has 0 saturated heterocycles. The average molecular weight is 578 g/mol. The predicted molar refractivity (Wildman–Crippen MR) is 161 cm³/mol. The van der Waals surface area contributed by atoms with Crippen molar-refractivity contribution in [2.75, 3.05) is 17.1 Å². The zero-order chi connectivity index (χ0) is 29.4. The van der Waals surface area contributed by atoms with E-state index in [0.29, 0.717) is 23.6 Å². The van der Waals surface area contributed by atoms with Crippen LogP contribution >= 0.6 is 0 Å². The molecule has 1 N–H and O–H groups in total. The molecule has 1 aliphatic carbocycles. The number of anilines is 1. The van der Waals surface area contributed by atoms with Crippen LogP contribution in [-0.4, -0.2) is 50.0 Å². The van der Waals surface area contributed by atoms with Gasteiger partial charge in [0.25, 0.3) is 0 Å². The summed E-state index contributed by atoms with van der Waals surface area (Å²) in [5.41, 5.74) is 2.24. The third kappa shape index (κ3) is 8.33. The number of carbonyl (C=O) groups excluding carboxylic acids is 2. The quantitative estimate of drug-likeness (QED) is 0.310. The van der Waals surface area contributed by atoms with Crippen molar-refractivity contribution in [1.29, 1.82) is 0 Å². The van der Waals surface area contributed by atoms with E-state index in [1.807, 2.05) is 68.4 Å². The molecule has 0 unspecified atom stereocenters. The van der Waals surface area contributed by atoms with Crippen LogP contribution in [0.5, 0.6) is 11.5 Å². The molecule has 9 heteroatoms. The van der Waals surface area contributed by atoms with E-state index in [1.54, 1.807) is 24.3 Å². The van der Waals surface area contributed by atoms with Gasteiger partial charge in [0.15, 0.2) is 0 Å². The number of ether oxygens (including phenoxy) is 1. The summed E-state index contributed by atoms with van der Waals surface area (Å²) in [6, 6.07) is 23.0. The van der Waals surface area contributed by atoms with Crippen molar-refractivity contribution < 1.29 is 22.7 Å². The maximum Gasteiger partial charge on any atom is 0.244 e. The lowest BCUT2D eigenvalue weighted by Gasteiger charge is -2.33. The van der Waals surface area contributed by atoms with E-state index >= 15 is 0 Å². The number of benzene rings is 3. The van der Waals surface area contributed by atoms with Crippen LogP contribution in [0.15, 0.2) is 78.9 Å². The Labute approximate surface area is 243 Å². The molecule has 3 aromatic carbocycles. The topological polar surface area (TPSA) is 96.0 Å². The molecule has 1 saturated carbocycles. The first kappa shape index (κ1) is 30.1. The summed E-state index contributed by atoms with van der Waals surface area (Å²) in [7, 11) is -3.82. The number of carbonyl (C=O) groups is 2. The minimum absolute atomic E-state index is 0.108. The molecule has 218 valence electrons. The molecule has 0 radical (unpaired) electrons. The Kier molecular flexibility index (Phi) is 10.0. The van der Waals surface area contributed by atoms with E-state index in [0.717, 1.165) is 47.4 Å². The summed E-state index contributed by atoms with van der Waals surface area (Å²) in [6.45, 7) is 3.60. The highest BCUT2D eigenvalue weighted by Crippen LogP contribution is 2.26. The third-order valence-electron chi connectivity index (χ3n) is 7.31. The highest BCUT2D eigenvalue weighted by atomic mass is 32.2. The molecule has 4 rings (SSSR count). The van der Waals surface area contributed by atoms with Gasteiger partial charge in [-0.3, -0.25) is 13.9 Å². The number of amides is 2. The number of nitrogens with zero attached hydrogens (tertiary/aromatic N) is 2. The Hall–Kier alpha value is -3.85. The number of aryl methyl sites for hydroxylation is 1. The predicted octanol–water partition coefficient (Wildman–Crippen LogP) is 5.42. The van der Waals surface area contributed by atoms with E-state index in [2.05, 4.69) is 5.32 Å². The van der Waals surface area contributed by atoms with Gasteiger partial charge in [-0.25, -0.2) is 8.42 Å². The fourth-order valence-electron chi connectivity index (χ4n) is 5.21. The molecule has 8 nitrogen and oxygen atoms in total. The van der Waals surface area contributed by atoms with Gasteiger partial charge in [-0.1, -0.05) is 67.8 Å². The summed E-state index contributed by atoms with van der Waals surface area (Å²) >= 11 is 0. The van der Waals surface area contributed by atoms with E-state index in [9.17, 15) is 18.0 Å². The van der Waals surface area contributed by atoms with Crippen LogP contribution in [0, 0.1) is 6.92 Å². The largest absolute Gasteiger partial charge is 0.457 e. The monoisotopic (exact) mass is 577 g/mol.